The number of aromatic nitrogens is 2. The molecule has 130 valence electrons. The third-order valence-corrected chi connectivity index (χ3v) is 5.31. The first kappa shape index (κ1) is 17.9. The average Bonchev–Trinajstić information content (AvgIpc) is 3.14. The maximum atomic E-state index is 12.0. The lowest BCUT2D eigenvalue weighted by atomic mass is 10.2. The molecule has 3 aromatic rings. The number of amides is 1. The summed E-state index contributed by atoms with van der Waals surface area (Å²) in [6, 6.07) is 18.9. The van der Waals surface area contributed by atoms with E-state index in [-0.39, 0.29) is 11.7 Å². The number of hydrogen-bond acceptors (Lipinski definition) is 7. The van der Waals surface area contributed by atoms with Crippen molar-refractivity contribution in [1.29, 1.82) is 5.26 Å². The Kier molecular flexibility index (Phi) is 6.19. The zero-order valence-corrected chi connectivity index (χ0v) is 15.3. The molecule has 0 aliphatic carbocycles. The number of benzene rings is 2. The SMILES string of the molecule is N#Cc1cccc(NC(=O)CSc2nnc(NCc3ccccc3)s2)c1. The van der Waals surface area contributed by atoms with E-state index in [1.807, 2.05) is 36.4 Å². The van der Waals surface area contributed by atoms with Gasteiger partial charge in [-0.15, -0.1) is 10.2 Å². The second-order valence-electron chi connectivity index (χ2n) is 5.24. The Morgan fingerprint density at radius 2 is 2.00 bits per heavy atom. The summed E-state index contributed by atoms with van der Waals surface area (Å²) in [5.41, 5.74) is 2.28. The lowest BCUT2D eigenvalue weighted by molar-refractivity contribution is -0.113. The van der Waals surface area contributed by atoms with Crippen LogP contribution < -0.4 is 10.6 Å². The van der Waals surface area contributed by atoms with Gasteiger partial charge in [0.25, 0.3) is 0 Å². The van der Waals surface area contributed by atoms with Crippen molar-refractivity contribution in [3.63, 3.8) is 0 Å². The monoisotopic (exact) mass is 381 g/mol. The van der Waals surface area contributed by atoms with E-state index < -0.39 is 0 Å². The minimum Gasteiger partial charge on any atom is -0.356 e. The summed E-state index contributed by atoms with van der Waals surface area (Å²) in [4.78, 5) is 12.0. The molecule has 0 saturated heterocycles. The Hall–Kier alpha value is -2.89. The topological polar surface area (TPSA) is 90.7 Å². The Morgan fingerprint density at radius 3 is 2.81 bits per heavy atom. The van der Waals surface area contributed by atoms with Crippen LogP contribution in [0.5, 0.6) is 0 Å². The number of nitrogens with one attached hydrogen (secondary N) is 2. The molecular weight excluding hydrogens is 366 g/mol. The van der Waals surface area contributed by atoms with E-state index in [4.69, 9.17) is 5.26 Å². The van der Waals surface area contributed by atoms with Crippen LogP contribution in [-0.4, -0.2) is 21.9 Å². The molecule has 0 aliphatic rings. The van der Waals surface area contributed by atoms with Crippen LogP contribution >= 0.6 is 23.1 Å². The molecule has 3 rings (SSSR count). The van der Waals surface area contributed by atoms with E-state index in [1.54, 1.807) is 24.3 Å². The van der Waals surface area contributed by atoms with Crippen molar-refractivity contribution in [1.82, 2.24) is 10.2 Å². The average molecular weight is 381 g/mol. The molecule has 0 radical (unpaired) electrons. The van der Waals surface area contributed by atoms with Crippen molar-refractivity contribution in [3.05, 3.63) is 65.7 Å². The second-order valence-corrected chi connectivity index (χ2v) is 7.44. The van der Waals surface area contributed by atoms with Crippen LogP contribution in [-0.2, 0) is 11.3 Å². The molecule has 6 nitrogen and oxygen atoms in total. The molecule has 8 heteroatoms. The quantitative estimate of drug-likeness (QED) is 0.606. The summed E-state index contributed by atoms with van der Waals surface area (Å²) >= 11 is 2.74. The van der Waals surface area contributed by atoms with Crippen molar-refractivity contribution in [2.24, 2.45) is 0 Å². The van der Waals surface area contributed by atoms with Gasteiger partial charge >= 0.3 is 0 Å². The van der Waals surface area contributed by atoms with Gasteiger partial charge in [0.05, 0.1) is 17.4 Å². The highest BCUT2D eigenvalue weighted by Crippen LogP contribution is 2.26. The maximum absolute atomic E-state index is 12.0. The van der Waals surface area contributed by atoms with E-state index in [9.17, 15) is 4.79 Å². The van der Waals surface area contributed by atoms with Gasteiger partial charge in [0, 0.05) is 12.2 Å². The third-order valence-electron chi connectivity index (χ3n) is 3.30. The molecule has 2 aromatic carbocycles. The van der Waals surface area contributed by atoms with Gasteiger partial charge in [-0.05, 0) is 23.8 Å². The van der Waals surface area contributed by atoms with Gasteiger partial charge in [0.2, 0.25) is 11.0 Å². The number of thioether (sulfide) groups is 1. The fraction of sp³-hybridized carbons (Fsp3) is 0.111. The van der Waals surface area contributed by atoms with Gasteiger partial charge < -0.3 is 10.6 Å². The summed E-state index contributed by atoms with van der Waals surface area (Å²) in [6.07, 6.45) is 0. The summed E-state index contributed by atoms with van der Waals surface area (Å²) < 4.78 is 0.724. The van der Waals surface area contributed by atoms with Gasteiger partial charge in [-0.2, -0.15) is 5.26 Å². The summed E-state index contributed by atoms with van der Waals surface area (Å²) in [6.45, 7) is 0.676. The predicted molar refractivity (Wildman–Crippen MR) is 104 cm³/mol. The molecular formula is C18H15N5OS2. The number of carbonyl (C=O) groups excluding carboxylic acids is 1. The summed E-state index contributed by atoms with van der Waals surface area (Å²) in [5.74, 6) is 0.0727. The zero-order valence-electron chi connectivity index (χ0n) is 13.7. The number of hydrogen-bond donors (Lipinski definition) is 2. The standard InChI is InChI=1S/C18H15N5OS2/c19-10-14-7-4-8-15(9-14)21-16(24)12-25-18-23-22-17(26-18)20-11-13-5-2-1-3-6-13/h1-9H,11-12H2,(H,20,22)(H,21,24). The van der Waals surface area contributed by atoms with E-state index >= 15 is 0 Å². The number of nitriles is 1. The predicted octanol–water partition coefficient (Wildman–Crippen LogP) is 3.75. The molecule has 1 heterocycles. The highest BCUT2D eigenvalue weighted by molar-refractivity contribution is 8.01. The first-order valence-corrected chi connectivity index (χ1v) is 9.57. The first-order chi connectivity index (χ1) is 12.7. The maximum Gasteiger partial charge on any atom is 0.234 e. The van der Waals surface area contributed by atoms with Crippen molar-refractivity contribution < 1.29 is 4.79 Å². The van der Waals surface area contributed by atoms with Crippen LogP contribution in [0.4, 0.5) is 10.8 Å². The fourth-order valence-electron chi connectivity index (χ4n) is 2.10. The molecule has 2 N–H and O–H groups in total. The van der Waals surface area contributed by atoms with E-state index in [1.165, 1.54) is 23.1 Å². The van der Waals surface area contributed by atoms with Gasteiger partial charge in [0.1, 0.15) is 0 Å². The molecule has 0 fully saturated rings. The van der Waals surface area contributed by atoms with Gasteiger partial charge in [-0.1, -0.05) is 59.5 Å². The second kappa shape index (κ2) is 8.99. The lowest BCUT2D eigenvalue weighted by Crippen LogP contribution is -2.13. The molecule has 0 unspecified atom stereocenters. The Balaban J connectivity index is 1.46. The van der Waals surface area contributed by atoms with Gasteiger partial charge in [-0.25, -0.2) is 0 Å². The van der Waals surface area contributed by atoms with Crippen LogP contribution in [0.2, 0.25) is 0 Å². The van der Waals surface area contributed by atoms with E-state index in [2.05, 4.69) is 20.8 Å². The largest absolute Gasteiger partial charge is 0.356 e. The minimum absolute atomic E-state index is 0.154. The first-order valence-electron chi connectivity index (χ1n) is 7.77. The molecule has 0 atom stereocenters. The van der Waals surface area contributed by atoms with Crippen LogP contribution in [0.3, 0.4) is 0 Å². The number of nitrogens with zero attached hydrogens (tertiary/aromatic N) is 3. The van der Waals surface area contributed by atoms with Crippen molar-refractivity contribution in [2.75, 3.05) is 16.4 Å². The normalized spacial score (nSPS) is 10.1. The van der Waals surface area contributed by atoms with E-state index in [0.29, 0.717) is 17.8 Å². The smallest absolute Gasteiger partial charge is 0.234 e. The van der Waals surface area contributed by atoms with Crippen LogP contribution in [0, 0.1) is 11.3 Å². The highest BCUT2D eigenvalue weighted by atomic mass is 32.2. The van der Waals surface area contributed by atoms with Crippen molar-refractivity contribution >= 4 is 39.8 Å². The zero-order chi connectivity index (χ0) is 18.2. The van der Waals surface area contributed by atoms with Crippen LogP contribution in [0.15, 0.2) is 58.9 Å². The Bertz CT molecular complexity index is 921. The van der Waals surface area contributed by atoms with Crippen LogP contribution in [0.1, 0.15) is 11.1 Å². The fourth-order valence-corrected chi connectivity index (χ4v) is 3.65. The minimum atomic E-state index is -0.154. The summed E-state index contributed by atoms with van der Waals surface area (Å²) in [7, 11) is 0. The van der Waals surface area contributed by atoms with Gasteiger partial charge in [-0.3, -0.25) is 4.79 Å². The van der Waals surface area contributed by atoms with Crippen LogP contribution in [0.25, 0.3) is 0 Å². The lowest BCUT2D eigenvalue weighted by Gasteiger charge is -2.04. The van der Waals surface area contributed by atoms with Gasteiger partial charge in [0.15, 0.2) is 4.34 Å². The molecule has 26 heavy (non-hydrogen) atoms. The van der Waals surface area contributed by atoms with Crippen molar-refractivity contribution in [2.45, 2.75) is 10.9 Å². The summed E-state index contributed by atoms with van der Waals surface area (Å²) in [5, 5.41) is 23.8. The highest BCUT2D eigenvalue weighted by Gasteiger charge is 2.09. The molecule has 0 aliphatic heterocycles. The molecule has 0 bridgehead atoms. The number of carbonyl (C=O) groups is 1. The Labute approximate surface area is 159 Å². The van der Waals surface area contributed by atoms with Crippen molar-refractivity contribution in [3.8, 4) is 6.07 Å². The molecule has 0 saturated carbocycles. The molecule has 1 amide bonds. The third kappa shape index (κ3) is 5.31. The molecule has 0 spiro atoms. The number of rotatable bonds is 7. The Morgan fingerprint density at radius 1 is 1.15 bits per heavy atom. The van der Waals surface area contributed by atoms with E-state index in [0.717, 1.165) is 15.0 Å². The molecule has 1 aromatic heterocycles. The number of anilines is 2.